The van der Waals surface area contributed by atoms with Gasteiger partial charge in [0.05, 0.1) is 35.2 Å². The number of aliphatic hydroxyl groups is 1. The molecule has 0 radical (unpaired) electrons. The maximum Gasteiger partial charge on any atom is 0.410 e. The van der Waals surface area contributed by atoms with Crippen molar-refractivity contribution in [2.45, 2.75) is 86.6 Å². The van der Waals surface area contributed by atoms with Crippen LogP contribution in [0.3, 0.4) is 0 Å². The van der Waals surface area contributed by atoms with E-state index in [1.54, 1.807) is 55.7 Å². The summed E-state index contributed by atoms with van der Waals surface area (Å²) in [6, 6.07) is 12.4. The maximum atomic E-state index is 13.8. The van der Waals surface area contributed by atoms with Crippen LogP contribution in [0.15, 0.2) is 69.3 Å². The van der Waals surface area contributed by atoms with Crippen molar-refractivity contribution in [2.75, 3.05) is 39.1 Å². The summed E-state index contributed by atoms with van der Waals surface area (Å²) < 4.78 is 72.2. The molecule has 2 saturated heterocycles. The highest BCUT2D eigenvalue weighted by Gasteiger charge is 2.48. The van der Waals surface area contributed by atoms with Crippen LogP contribution < -0.4 is 10.2 Å². The fraction of sp³-hybridized carbons (Fsp3) is 0.529. The number of piperidine rings is 1. The number of benzene rings is 2. The van der Waals surface area contributed by atoms with E-state index in [1.165, 1.54) is 27.5 Å². The van der Waals surface area contributed by atoms with Gasteiger partial charge in [0.25, 0.3) is 0 Å². The molecule has 0 bridgehead atoms. The molecule has 1 spiro atoms. The highest BCUT2D eigenvalue weighted by molar-refractivity contribution is 7.90. The van der Waals surface area contributed by atoms with Crippen molar-refractivity contribution < 1.29 is 40.9 Å². The molecule has 268 valence electrons. The molecular formula is C34H45N3O10S2. The van der Waals surface area contributed by atoms with Gasteiger partial charge in [-0.2, -0.15) is 4.31 Å². The lowest BCUT2D eigenvalue weighted by atomic mass is 9.88. The summed E-state index contributed by atoms with van der Waals surface area (Å²) in [6.07, 6.45) is 1.82. The number of ether oxygens (including phenoxy) is 3. The molecule has 5 rings (SSSR count). The minimum absolute atomic E-state index is 0.0810. The topological polar surface area (TPSA) is 162 Å². The smallest absolute Gasteiger partial charge is 0.410 e. The number of carbonyl (C=O) groups is 1. The second-order valence-electron chi connectivity index (χ2n) is 13.7. The Morgan fingerprint density at radius 3 is 2.45 bits per heavy atom. The highest BCUT2D eigenvalue weighted by Crippen LogP contribution is 2.39. The number of pyridine rings is 1. The predicted octanol–water partition coefficient (Wildman–Crippen LogP) is 3.41. The number of hydrogen-bond donors (Lipinski definition) is 1. The third-order valence-electron chi connectivity index (χ3n) is 8.89. The van der Waals surface area contributed by atoms with E-state index in [0.717, 1.165) is 6.26 Å². The minimum Gasteiger partial charge on any atom is -0.491 e. The molecule has 15 heteroatoms. The molecule has 2 fully saturated rings. The van der Waals surface area contributed by atoms with Gasteiger partial charge in [0, 0.05) is 37.5 Å². The lowest BCUT2D eigenvalue weighted by molar-refractivity contribution is -0.0329. The number of para-hydroxylation sites is 1. The first-order chi connectivity index (χ1) is 22.9. The van der Waals surface area contributed by atoms with E-state index < -0.39 is 54.7 Å². The van der Waals surface area contributed by atoms with Crippen molar-refractivity contribution in [3.05, 3.63) is 65.0 Å². The van der Waals surface area contributed by atoms with Crippen molar-refractivity contribution >= 4 is 36.9 Å². The van der Waals surface area contributed by atoms with Crippen molar-refractivity contribution in [1.82, 2.24) is 13.8 Å². The standard InChI is InChI=1S/C34H45N3O10S2/c1-6-35-21-30(31(39)28-12-7-8-13-29(28)35)49(43,44)36-16-14-34(15-17-36)19-24(22-46-34)37(32(40)47-33(2,3)4)20-25(38)23-45-26-10-9-11-27(18-26)48(5,41)42/h7-13,18,21,24-25,38H,6,14-17,19-20,22-23H2,1-5H3/t24-,25-/m0/s1. The molecule has 1 amide bonds. The number of aliphatic hydroxyl groups excluding tert-OH is 1. The van der Waals surface area contributed by atoms with Crippen LogP contribution in [-0.4, -0.2) is 104 Å². The SMILES string of the molecule is CCn1cc(S(=O)(=O)N2CCC3(CC2)C[C@H](N(C[C@H](O)COc2cccc(S(C)(=O)=O)c2)C(=O)OC(C)(C)C)CO3)c(=O)c2ccccc21. The lowest BCUT2D eigenvalue weighted by Gasteiger charge is -2.38. The molecule has 1 N–H and O–H groups in total. The van der Waals surface area contributed by atoms with Gasteiger partial charge >= 0.3 is 6.09 Å². The summed E-state index contributed by atoms with van der Waals surface area (Å²) in [5.74, 6) is 0.257. The zero-order chi connectivity index (χ0) is 35.8. The molecule has 0 aliphatic carbocycles. The summed E-state index contributed by atoms with van der Waals surface area (Å²) in [5, 5.41) is 11.3. The Hall–Kier alpha value is -3.50. The number of rotatable bonds is 10. The third kappa shape index (κ3) is 8.28. The number of aryl methyl sites for hydroxylation is 1. The largest absolute Gasteiger partial charge is 0.491 e. The van der Waals surface area contributed by atoms with Crippen LogP contribution in [0.2, 0.25) is 0 Å². The van der Waals surface area contributed by atoms with E-state index in [1.807, 2.05) is 13.0 Å². The Balaban J connectivity index is 1.27. The van der Waals surface area contributed by atoms with Crippen molar-refractivity contribution in [3.8, 4) is 5.75 Å². The summed E-state index contributed by atoms with van der Waals surface area (Å²) in [7, 11) is -7.56. The molecular weight excluding hydrogens is 675 g/mol. The lowest BCUT2D eigenvalue weighted by Crippen LogP contribution is -2.50. The van der Waals surface area contributed by atoms with Crippen molar-refractivity contribution in [1.29, 1.82) is 0 Å². The van der Waals surface area contributed by atoms with E-state index in [4.69, 9.17) is 14.2 Å². The fourth-order valence-electron chi connectivity index (χ4n) is 6.37. The van der Waals surface area contributed by atoms with E-state index in [2.05, 4.69) is 0 Å². The molecule has 3 aromatic rings. The molecule has 1 aromatic heterocycles. The third-order valence-corrected chi connectivity index (χ3v) is 11.9. The Morgan fingerprint density at radius 1 is 1.10 bits per heavy atom. The van der Waals surface area contributed by atoms with E-state index in [0.29, 0.717) is 36.7 Å². The van der Waals surface area contributed by atoms with Crippen LogP contribution in [0.1, 0.15) is 47.0 Å². The van der Waals surface area contributed by atoms with Crippen LogP contribution in [0, 0.1) is 0 Å². The van der Waals surface area contributed by atoms with E-state index in [-0.39, 0.29) is 48.4 Å². The average molecular weight is 720 g/mol. The van der Waals surface area contributed by atoms with Gasteiger partial charge in [-0.1, -0.05) is 18.2 Å². The number of fused-ring (bicyclic) bond motifs is 1. The molecule has 0 unspecified atom stereocenters. The summed E-state index contributed by atoms with van der Waals surface area (Å²) in [6.45, 7) is 7.66. The van der Waals surface area contributed by atoms with Gasteiger partial charge < -0.3 is 28.8 Å². The molecule has 3 heterocycles. The number of aromatic nitrogens is 1. The first-order valence-electron chi connectivity index (χ1n) is 16.3. The summed E-state index contributed by atoms with van der Waals surface area (Å²) in [4.78, 5) is 28.0. The number of sulfonamides is 1. The van der Waals surface area contributed by atoms with Gasteiger partial charge in [0.15, 0.2) is 9.84 Å². The molecule has 2 aliphatic rings. The Kier molecular flexibility index (Phi) is 10.5. The quantitative estimate of drug-likeness (QED) is 0.329. The minimum atomic E-state index is -4.10. The number of nitrogens with zero attached hydrogens (tertiary/aromatic N) is 3. The van der Waals surface area contributed by atoms with Crippen molar-refractivity contribution in [2.24, 2.45) is 0 Å². The fourth-order valence-corrected chi connectivity index (χ4v) is 8.57. The van der Waals surface area contributed by atoms with Gasteiger partial charge in [-0.15, -0.1) is 0 Å². The molecule has 0 saturated carbocycles. The Morgan fingerprint density at radius 2 is 1.80 bits per heavy atom. The summed E-state index contributed by atoms with van der Waals surface area (Å²) >= 11 is 0. The van der Waals surface area contributed by atoms with Crippen LogP contribution in [-0.2, 0) is 35.9 Å². The Labute approximate surface area is 287 Å². The molecule has 2 aromatic carbocycles. The van der Waals surface area contributed by atoms with Crippen LogP contribution >= 0.6 is 0 Å². The van der Waals surface area contributed by atoms with Crippen molar-refractivity contribution in [3.63, 3.8) is 0 Å². The number of carbonyl (C=O) groups excluding carboxylic acids is 1. The van der Waals surface area contributed by atoms with E-state index >= 15 is 0 Å². The molecule has 2 atom stereocenters. The molecule has 2 aliphatic heterocycles. The van der Waals surface area contributed by atoms with Crippen LogP contribution in [0.5, 0.6) is 5.75 Å². The zero-order valence-electron chi connectivity index (χ0n) is 28.5. The normalized spacial score (nSPS) is 19.2. The van der Waals surface area contributed by atoms with Gasteiger partial charge in [-0.3, -0.25) is 4.79 Å². The number of amides is 1. The monoisotopic (exact) mass is 719 g/mol. The van der Waals surface area contributed by atoms with Gasteiger partial charge in [0.2, 0.25) is 15.5 Å². The second-order valence-corrected chi connectivity index (χ2v) is 17.6. The van der Waals surface area contributed by atoms with Gasteiger partial charge in [-0.05, 0) is 77.3 Å². The van der Waals surface area contributed by atoms with E-state index in [9.17, 15) is 31.5 Å². The predicted molar refractivity (Wildman–Crippen MR) is 183 cm³/mol. The first kappa shape index (κ1) is 36.8. The maximum absolute atomic E-state index is 13.8. The van der Waals surface area contributed by atoms with Gasteiger partial charge in [0.1, 0.15) is 29.0 Å². The summed E-state index contributed by atoms with van der Waals surface area (Å²) in [5.41, 5.74) is -1.38. The molecule has 49 heavy (non-hydrogen) atoms. The number of hydrogen-bond acceptors (Lipinski definition) is 10. The van der Waals surface area contributed by atoms with Crippen LogP contribution in [0.25, 0.3) is 10.9 Å². The number of sulfone groups is 1. The van der Waals surface area contributed by atoms with Gasteiger partial charge in [-0.25, -0.2) is 21.6 Å². The Bertz CT molecular complexity index is 1960. The first-order valence-corrected chi connectivity index (χ1v) is 19.6. The molecule has 13 nitrogen and oxygen atoms in total. The second kappa shape index (κ2) is 14.0. The average Bonchev–Trinajstić information content (AvgIpc) is 3.44. The highest BCUT2D eigenvalue weighted by atomic mass is 32.2. The van der Waals surface area contributed by atoms with Crippen LogP contribution in [0.4, 0.5) is 4.79 Å². The zero-order valence-corrected chi connectivity index (χ0v) is 30.1.